The van der Waals surface area contributed by atoms with Crippen molar-refractivity contribution >= 4 is 11.8 Å². The van der Waals surface area contributed by atoms with Gasteiger partial charge in [-0.1, -0.05) is 6.92 Å². The van der Waals surface area contributed by atoms with Gasteiger partial charge >= 0.3 is 5.97 Å². The van der Waals surface area contributed by atoms with Gasteiger partial charge < -0.3 is 10.5 Å². The number of hydrogen-bond donors (Lipinski definition) is 1. The van der Waals surface area contributed by atoms with Crippen molar-refractivity contribution in [2.24, 2.45) is 11.7 Å². The maximum Gasteiger partial charge on any atom is 0.316 e. The van der Waals surface area contributed by atoms with Crippen LogP contribution in [0.25, 0.3) is 0 Å². The Morgan fingerprint density at radius 3 is 2.64 bits per heavy atom. The summed E-state index contributed by atoms with van der Waals surface area (Å²) in [6, 6.07) is -0.508. The van der Waals surface area contributed by atoms with Crippen molar-refractivity contribution in [1.82, 2.24) is 0 Å². The molecule has 1 rings (SSSR count). The summed E-state index contributed by atoms with van der Waals surface area (Å²) in [5, 5.41) is 0. The first-order chi connectivity index (χ1) is 6.56. The second-order valence-electron chi connectivity index (χ2n) is 3.78. The fourth-order valence-electron chi connectivity index (χ4n) is 1.56. The van der Waals surface area contributed by atoms with Crippen molar-refractivity contribution in [3.8, 4) is 0 Å². The van der Waals surface area contributed by atoms with Crippen LogP contribution in [0.5, 0.6) is 0 Å². The number of hydrogen-bond acceptors (Lipinski definition) is 4. The van der Waals surface area contributed by atoms with E-state index in [1.54, 1.807) is 6.92 Å². The Bertz CT molecular complexity index is 240. The molecule has 0 aromatic heterocycles. The number of Topliss-reactive ketones (excluding diaryl/α,β-unsaturated/α-hetero) is 1. The third kappa shape index (κ3) is 2.32. The van der Waals surface area contributed by atoms with Crippen molar-refractivity contribution in [3.05, 3.63) is 0 Å². The van der Waals surface area contributed by atoms with Crippen LogP contribution in [0.4, 0.5) is 0 Å². The third-order valence-electron chi connectivity index (χ3n) is 2.68. The topological polar surface area (TPSA) is 69.4 Å². The van der Waals surface area contributed by atoms with E-state index in [0.717, 1.165) is 6.42 Å². The molecule has 14 heavy (non-hydrogen) atoms. The maximum atomic E-state index is 11.5. The van der Waals surface area contributed by atoms with Gasteiger partial charge in [0, 0.05) is 0 Å². The minimum absolute atomic E-state index is 0.0795. The summed E-state index contributed by atoms with van der Waals surface area (Å²) in [4.78, 5) is 22.9. The zero-order valence-corrected chi connectivity index (χ0v) is 8.66. The molecule has 3 atom stereocenters. The van der Waals surface area contributed by atoms with E-state index in [0.29, 0.717) is 12.8 Å². The molecular weight excluding hydrogens is 182 g/mol. The van der Waals surface area contributed by atoms with Gasteiger partial charge in [-0.2, -0.15) is 0 Å². The molecule has 0 aromatic carbocycles. The van der Waals surface area contributed by atoms with Crippen LogP contribution in [0, 0.1) is 5.92 Å². The normalized spacial score (nSPS) is 34.6. The molecule has 4 nitrogen and oxygen atoms in total. The molecule has 0 saturated carbocycles. The molecule has 80 valence electrons. The van der Waals surface area contributed by atoms with Gasteiger partial charge in [0.15, 0.2) is 5.78 Å². The van der Waals surface area contributed by atoms with Gasteiger partial charge in [-0.25, -0.2) is 0 Å². The van der Waals surface area contributed by atoms with Crippen molar-refractivity contribution in [2.75, 3.05) is 0 Å². The average molecular weight is 199 g/mol. The van der Waals surface area contributed by atoms with Gasteiger partial charge in [0.05, 0.1) is 6.04 Å². The van der Waals surface area contributed by atoms with E-state index in [4.69, 9.17) is 10.5 Å². The van der Waals surface area contributed by atoms with Gasteiger partial charge in [-0.15, -0.1) is 0 Å². The fraction of sp³-hybridized carbons (Fsp3) is 0.800. The highest BCUT2D eigenvalue weighted by molar-refractivity contribution is 6.01. The Morgan fingerprint density at radius 2 is 2.07 bits per heavy atom. The molecule has 1 saturated heterocycles. The van der Waals surface area contributed by atoms with Crippen LogP contribution in [-0.4, -0.2) is 23.9 Å². The Morgan fingerprint density at radius 1 is 1.43 bits per heavy atom. The summed E-state index contributed by atoms with van der Waals surface area (Å²) in [6.45, 7) is 3.51. The van der Waals surface area contributed by atoms with Crippen LogP contribution in [0.15, 0.2) is 0 Å². The highest BCUT2D eigenvalue weighted by atomic mass is 16.5. The van der Waals surface area contributed by atoms with Crippen LogP contribution in [-0.2, 0) is 14.3 Å². The van der Waals surface area contributed by atoms with Gasteiger partial charge in [-0.05, 0) is 26.2 Å². The number of esters is 1. The molecule has 1 fully saturated rings. The van der Waals surface area contributed by atoms with Crippen molar-refractivity contribution in [1.29, 1.82) is 0 Å². The van der Waals surface area contributed by atoms with E-state index in [1.807, 2.05) is 6.92 Å². The number of ether oxygens (including phenoxy) is 1. The van der Waals surface area contributed by atoms with E-state index >= 15 is 0 Å². The molecule has 1 aliphatic heterocycles. The Kier molecular flexibility index (Phi) is 3.63. The number of carbonyl (C=O) groups is 2. The van der Waals surface area contributed by atoms with E-state index in [-0.39, 0.29) is 11.9 Å². The van der Waals surface area contributed by atoms with E-state index < -0.39 is 17.9 Å². The highest BCUT2D eigenvalue weighted by Gasteiger charge is 2.32. The molecule has 2 N–H and O–H groups in total. The van der Waals surface area contributed by atoms with Gasteiger partial charge in [0.1, 0.15) is 12.0 Å². The minimum Gasteiger partial charge on any atom is -0.462 e. The molecule has 0 radical (unpaired) electrons. The second-order valence-corrected chi connectivity index (χ2v) is 3.78. The predicted octanol–water partition coefficient (Wildman–Crippen LogP) is 0.634. The van der Waals surface area contributed by atoms with Crippen LogP contribution in [0.1, 0.15) is 33.1 Å². The number of rotatable bonds is 1. The molecule has 0 aromatic rings. The predicted molar refractivity (Wildman–Crippen MR) is 51.6 cm³/mol. The third-order valence-corrected chi connectivity index (χ3v) is 2.68. The van der Waals surface area contributed by atoms with Crippen molar-refractivity contribution < 1.29 is 14.3 Å². The van der Waals surface area contributed by atoms with E-state index in [2.05, 4.69) is 0 Å². The summed E-state index contributed by atoms with van der Waals surface area (Å²) in [5.74, 6) is -1.35. The van der Waals surface area contributed by atoms with Crippen LogP contribution >= 0.6 is 0 Å². The first-order valence-corrected chi connectivity index (χ1v) is 5.06. The van der Waals surface area contributed by atoms with Crippen molar-refractivity contribution in [2.45, 2.75) is 45.3 Å². The Hall–Kier alpha value is -0.900. The minimum atomic E-state index is -0.709. The highest BCUT2D eigenvalue weighted by Crippen LogP contribution is 2.17. The van der Waals surface area contributed by atoms with Crippen molar-refractivity contribution in [3.63, 3.8) is 0 Å². The number of ketones is 1. The van der Waals surface area contributed by atoms with E-state index in [9.17, 15) is 9.59 Å². The molecule has 0 amide bonds. The molecule has 4 heteroatoms. The molecule has 0 aliphatic carbocycles. The quantitative estimate of drug-likeness (QED) is 0.497. The number of cyclic esters (lactones) is 1. The summed E-state index contributed by atoms with van der Waals surface area (Å²) in [5.41, 5.74) is 5.66. The zero-order chi connectivity index (χ0) is 10.7. The van der Waals surface area contributed by atoms with Gasteiger partial charge in [-0.3, -0.25) is 9.59 Å². The smallest absolute Gasteiger partial charge is 0.316 e. The summed E-state index contributed by atoms with van der Waals surface area (Å²) in [7, 11) is 0. The molecule has 0 bridgehead atoms. The summed E-state index contributed by atoms with van der Waals surface area (Å²) < 4.78 is 5.16. The van der Waals surface area contributed by atoms with Gasteiger partial charge in [0.2, 0.25) is 0 Å². The lowest BCUT2D eigenvalue weighted by Gasteiger charge is -2.24. The largest absolute Gasteiger partial charge is 0.462 e. The lowest BCUT2D eigenvalue weighted by Crippen LogP contribution is -2.42. The summed E-state index contributed by atoms with van der Waals surface area (Å²) in [6.07, 6.45) is 1.99. The lowest BCUT2D eigenvalue weighted by atomic mass is 9.94. The number of nitrogens with two attached hydrogens (primary N) is 1. The lowest BCUT2D eigenvalue weighted by molar-refractivity contribution is -0.158. The Labute approximate surface area is 83.8 Å². The average Bonchev–Trinajstić information content (AvgIpc) is 2.19. The molecular formula is C10H17NO3. The SMILES string of the molecule is CC[C@@H]1CC[C@@H](N)C(=O)[C@H](C)C(=O)O1. The van der Waals surface area contributed by atoms with Crippen LogP contribution < -0.4 is 5.73 Å². The molecule has 1 heterocycles. The molecule has 1 aliphatic rings. The summed E-state index contributed by atoms with van der Waals surface area (Å²) >= 11 is 0. The van der Waals surface area contributed by atoms with Crippen LogP contribution in [0.2, 0.25) is 0 Å². The number of carbonyl (C=O) groups excluding carboxylic acids is 2. The molecule has 0 unspecified atom stereocenters. The van der Waals surface area contributed by atoms with E-state index in [1.165, 1.54) is 0 Å². The van der Waals surface area contributed by atoms with Crippen LogP contribution in [0.3, 0.4) is 0 Å². The second kappa shape index (κ2) is 4.55. The maximum absolute atomic E-state index is 11.5. The first-order valence-electron chi connectivity index (χ1n) is 5.06. The monoisotopic (exact) mass is 199 g/mol. The Balaban J connectivity index is 2.73. The molecule has 0 spiro atoms. The zero-order valence-electron chi connectivity index (χ0n) is 8.66. The standard InChI is InChI=1S/C10H17NO3/c1-3-7-4-5-8(11)9(12)6(2)10(13)14-7/h6-8H,3-5,11H2,1-2H3/t6-,7+,8+/m0/s1. The first kappa shape index (κ1) is 11.2. The van der Waals surface area contributed by atoms with Gasteiger partial charge in [0.25, 0.3) is 0 Å². The fourth-order valence-corrected chi connectivity index (χ4v) is 1.56.